The number of rotatable bonds is 4. The molecule has 3 aliphatic rings. The van der Waals surface area contributed by atoms with Crippen LogP contribution in [-0.2, 0) is 9.59 Å². The summed E-state index contributed by atoms with van der Waals surface area (Å²) in [7, 11) is 0. The monoisotopic (exact) mass is 365 g/mol. The summed E-state index contributed by atoms with van der Waals surface area (Å²) in [4.78, 5) is 40.5. The summed E-state index contributed by atoms with van der Waals surface area (Å²) in [6.45, 7) is 6.31. The van der Waals surface area contributed by atoms with Crippen molar-refractivity contribution in [2.45, 2.75) is 52.0 Å². The fourth-order valence-corrected chi connectivity index (χ4v) is 4.85. The molecular formula is C19H31N3O4. The van der Waals surface area contributed by atoms with Gasteiger partial charge in [-0.05, 0) is 43.4 Å². The Balaban J connectivity index is 1.63. The van der Waals surface area contributed by atoms with Gasteiger partial charge >= 0.3 is 12.0 Å². The van der Waals surface area contributed by atoms with Gasteiger partial charge in [0.25, 0.3) is 0 Å². The zero-order valence-corrected chi connectivity index (χ0v) is 15.8. The number of amides is 3. The number of carbonyl (C=O) groups is 3. The minimum Gasteiger partial charge on any atom is -0.480 e. The average molecular weight is 365 g/mol. The van der Waals surface area contributed by atoms with Crippen LogP contribution in [0.15, 0.2) is 0 Å². The summed E-state index contributed by atoms with van der Waals surface area (Å²) in [5.41, 5.74) is 0. The summed E-state index contributed by atoms with van der Waals surface area (Å²) in [5, 5.41) is 12.6. The molecule has 4 atom stereocenters. The van der Waals surface area contributed by atoms with E-state index in [4.69, 9.17) is 0 Å². The summed E-state index contributed by atoms with van der Waals surface area (Å²) < 4.78 is 0. The third kappa shape index (κ3) is 3.81. The Hall–Kier alpha value is -1.79. The minimum absolute atomic E-state index is 0.0758. The Labute approximate surface area is 155 Å². The van der Waals surface area contributed by atoms with E-state index in [2.05, 4.69) is 5.32 Å². The number of hydrogen-bond acceptors (Lipinski definition) is 3. The quantitative estimate of drug-likeness (QED) is 0.795. The highest BCUT2D eigenvalue weighted by Gasteiger charge is 2.50. The van der Waals surface area contributed by atoms with Crippen molar-refractivity contribution >= 4 is 17.9 Å². The van der Waals surface area contributed by atoms with E-state index in [1.807, 2.05) is 13.8 Å². The lowest BCUT2D eigenvalue weighted by molar-refractivity contribution is -0.151. The first-order valence-corrected chi connectivity index (χ1v) is 9.94. The van der Waals surface area contributed by atoms with Crippen LogP contribution in [0.5, 0.6) is 0 Å². The molecule has 4 unspecified atom stereocenters. The largest absolute Gasteiger partial charge is 0.480 e. The van der Waals surface area contributed by atoms with E-state index in [1.165, 1.54) is 0 Å². The molecule has 3 fully saturated rings. The fraction of sp³-hybridized carbons (Fsp3) is 0.842. The number of carbonyl (C=O) groups excluding carboxylic acids is 2. The molecule has 3 rings (SSSR count). The van der Waals surface area contributed by atoms with Crippen molar-refractivity contribution in [1.29, 1.82) is 0 Å². The molecule has 0 bridgehead atoms. The molecule has 3 amide bonds. The number of nitrogens with one attached hydrogen (secondary N) is 1. The molecule has 1 saturated carbocycles. The van der Waals surface area contributed by atoms with E-state index in [-0.39, 0.29) is 23.8 Å². The Kier molecular flexibility index (Phi) is 5.73. The van der Waals surface area contributed by atoms with Crippen molar-refractivity contribution in [2.75, 3.05) is 26.2 Å². The lowest BCUT2D eigenvalue weighted by Gasteiger charge is -2.35. The van der Waals surface area contributed by atoms with Crippen molar-refractivity contribution in [1.82, 2.24) is 15.1 Å². The predicted molar refractivity (Wildman–Crippen MR) is 96.5 cm³/mol. The summed E-state index contributed by atoms with van der Waals surface area (Å²) in [5.74, 6) is -0.432. The molecule has 2 aliphatic heterocycles. The molecule has 7 nitrogen and oxygen atoms in total. The summed E-state index contributed by atoms with van der Waals surface area (Å²) in [6, 6.07) is -0.801. The molecule has 2 heterocycles. The Morgan fingerprint density at radius 3 is 2.58 bits per heavy atom. The van der Waals surface area contributed by atoms with Crippen LogP contribution in [0.1, 0.15) is 46.0 Å². The van der Waals surface area contributed by atoms with Gasteiger partial charge in [-0.15, -0.1) is 0 Å². The topological polar surface area (TPSA) is 90.0 Å². The first kappa shape index (κ1) is 19.0. The molecule has 0 aromatic heterocycles. The number of fused-ring (bicyclic) bond motifs is 1. The molecule has 26 heavy (non-hydrogen) atoms. The van der Waals surface area contributed by atoms with Gasteiger partial charge in [0.1, 0.15) is 6.04 Å². The zero-order valence-electron chi connectivity index (χ0n) is 15.8. The summed E-state index contributed by atoms with van der Waals surface area (Å²) >= 11 is 0. The zero-order chi connectivity index (χ0) is 18.8. The van der Waals surface area contributed by atoms with Gasteiger partial charge in [-0.25, -0.2) is 9.59 Å². The van der Waals surface area contributed by atoms with E-state index in [1.54, 1.807) is 9.80 Å². The number of piperidine rings is 1. The highest BCUT2D eigenvalue weighted by atomic mass is 16.4. The van der Waals surface area contributed by atoms with Crippen LogP contribution in [-0.4, -0.2) is 65.0 Å². The van der Waals surface area contributed by atoms with Crippen molar-refractivity contribution in [2.24, 2.45) is 23.7 Å². The van der Waals surface area contributed by atoms with Crippen molar-refractivity contribution < 1.29 is 19.5 Å². The van der Waals surface area contributed by atoms with E-state index < -0.39 is 12.0 Å². The van der Waals surface area contributed by atoms with Crippen LogP contribution in [0, 0.1) is 23.7 Å². The third-order valence-electron chi connectivity index (χ3n) is 6.15. The minimum atomic E-state index is -0.880. The van der Waals surface area contributed by atoms with Crippen molar-refractivity contribution in [3.63, 3.8) is 0 Å². The smallest absolute Gasteiger partial charge is 0.326 e. The predicted octanol–water partition coefficient (Wildman–Crippen LogP) is 1.78. The maximum absolute atomic E-state index is 13.1. The maximum atomic E-state index is 13.1. The van der Waals surface area contributed by atoms with Crippen molar-refractivity contribution in [3.8, 4) is 0 Å². The molecule has 0 aromatic rings. The third-order valence-corrected chi connectivity index (χ3v) is 6.15. The second-order valence-electron chi connectivity index (χ2n) is 8.49. The van der Waals surface area contributed by atoms with Gasteiger partial charge < -0.3 is 20.2 Å². The van der Waals surface area contributed by atoms with Gasteiger partial charge in [0.05, 0.1) is 5.92 Å². The van der Waals surface area contributed by atoms with Gasteiger partial charge in [0.2, 0.25) is 5.91 Å². The van der Waals surface area contributed by atoms with Gasteiger partial charge in [-0.1, -0.05) is 20.3 Å². The fourth-order valence-electron chi connectivity index (χ4n) is 4.85. The van der Waals surface area contributed by atoms with Crippen LogP contribution in [0.2, 0.25) is 0 Å². The molecule has 0 spiro atoms. The van der Waals surface area contributed by atoms with E-state index in [0.29, 0.717) is 38.0 Å². The van der Waals surface area contributed by atoms with E-state index in [0.717, 1.165) is 32.1 Å². The van der Waals surface area contributed by atoms with E-state index >= 15 is 0 Å². The van der Waals surface area contributed by atoms with E-state index in [9.17, 15) is 19.5 Å². The molecule has 7 heteroatoms. The standard InChI is InChI=1S/C19H31N3O4/c1-12(2)9-20-19(26)21-8-4-6-14(10-21)17(23)22-11-13-5-3-7-15(13)16(22)18(24)25/h12-16H,3-11H2,1-2H3,(H,20,26)(H,24,25). The molecule has 2 saturated heterocycles. The van der Waals surface area contributed by atoms with Crippen LogP contribution >= 0.6 is 0 Å². The van der Waals surface area contributed by atoms with Crippen LogP contribution in [0.25, 0.3) is 0 Å². The SMILES string of the molecule is CC(C)CNC(=O)N1CCCC(C(=O)N2CC3CCCC3C2C(=O)O)C1. The number of carboxylic acids is 1. The van der Waals surface area contributed by atoms with Crippen LogP contribution < -0.4 is 5.32 Å². The molecule has 0 radical (unpaired) electrons. The number of aliphatic carboxylic acids is 1. The Morgan fingerprint density at radius 1 is 1.12 bits per heavy atom. The Bertz CT molecular complexity index is 565. The number of carboxylic acid groups (broad SMARTS) is 1. The van der Waals surface area contributed by atoms with Crippen LogP contribution in [0.3, 0.4) is 0 Å². The lowest BCUT2D eigenvalue weighted by atomic mass is 9.93. The number of likely N-dealkylation sites (tertiary alicyclic amines) is 2. The molecule has 0 aromatic carbocycles. The normalized spacial score (nSPS) is 31.2. The first-order chi connectivity index (χ1) is 12.4. The Morgan fingerprint density at radius 2 is 1.88 bits per heavy atom. The number of hydrogen-bond donors (Lipinski definition) is 2. The molecule has 146 valence electrons. The molecule has 2 N–H and O–H groups in total. The second kappa shape index (κ2) is 7.84. The van der Waals surface area contributed by atoms with Gasteiger partial charge in [-0.2, -0.15) is 0 Å². The lowest BCUT2D eigenvalue weighted by Crippen LogP contribution is -2.52. The highest BCUT2D eigenvalue weighted by molar-refractivity contribution is 5.87. The van der Waals surface area contributed by atoms with Gasteiger partial charge in [0.15, 0.2) is 0 Å². The highest BCUT2D eigenvalue weighted by Crippen LogP contribution is 2.43. The number of urea groups is 1. The van der Waals surface area contributed by atoms with Crippen LogP contribution in [0.4, 0.5) is 4.79 Å². The van der Waals surface area contributed by atoms with Crippen molar-refractivity contribution in [3.05, 3.63) is 0 Å². The number of nitrogens with zero attached hydrogens (tertiary/aromatic N) is 2. The first-order valence-electron chi connectivity index (χ1n) is 9.94. The van der Waals surface area contributed by atoms with Gasteiger partial charge in [0, 0.05) is 26.2 Å². The molecular weight excluding hydrogens is 334 g/mol. The maximum Gasteiger partial charge on any atom is 0.326 e. The molecule has 1 aliphatic carbocycles. The summed E-state index contributed by atoms with van der Waals surface area (Å²) in [6.07, 6.45) is 4.50. The average Bonchev–Trinajstić information content (AvgIpc) is 3.19. The second-order valence-corrected chi connectivity index (χ2v) is 8.49. The van der Waals surface area contributed by atoms with Gasteiger partial charge in [-0.3, -0.25) is 4.79 Å².